The zero-order chi connectivity index (χ0) is 13.0. The summed E-state index contributed by atoms with van der Waals surface area (Å²) in [5, 5.41) is 3.78. The van der Waals surface area contributed by atoms with Crippen LogP contribution in [0.1, 0.15) is 30.1 Å². The molecule has 1 heterocycles. The number of benzene rings is 1. The average Bonchev–Trinajstić information content (AvgIpc) is 2.82. The quantitative estimate of drug-likeness (QED) is 0.855. The summed E-state index contributed by atoms with van der Waals surface area (Å²) < 4.78 is 5.35. The van der Waals surface area contributed by atoms with Crippen LogP contribution in [0.5, 0.6) is 0 Å². The number of halogens is 1. The predicted octanol–water partition coefficient (Wildman–Crippen LogP) is 3.73. The van der Waals surface area contributed by atoms with Crippen molar-refractivity contribution in [3.63, 3.8) is 0 Å². The summed E-state index contributed by atoms with van der Waals surface area (Å²) in [7, 11) is 0. The summed E-state index contributed by atoms with van der Waals surface area (Å²) in [6.45, 7) is 2.78. The van der Waals surface area contributed by atoms with Crippen molar-refractivity contribution in [1.29, 1.82) is 0 Å². The molecule has 0 spiro atoms. The highest BCUT2D eigenvalue weighted by Gasteiger charge is 2.12. The van der Waals surface area contributed by atoms with Gasteiger partial charge >= 0.3 is 0 Å². The second-order valence-electron chi connectivity index (χ2n) is 4.20. The van der Waals surface area contributed by atoms with Crippen molar-refractivity contribution in [1.82, 2.24) is 5.32 Å². The van der Waals surface area contributed by atoms with Crippen LogP contribution in [0.15, 0.2) is 34.9 Å². The number of rotatable bonds is 5. The number of nitrogens with one attached hydrogen (secondary N) is 1. The van der Waals surface area contributed by atoms with Crippen molar-refractivity contribution in [3.8, 4) is 0 Å². The molecule has 1 atom stereocenters. The van der Waals surface area contributed by atoms with Crippen LogP contribution in [-0.2, 0) is 0 Å². The molecule has 0 radical (unpaired) electrons. The lowest BCUT2D eigenvalue weighted by Crippen LogP contribution is -2.25. The zero-order valence-corrected chi connectivity index (χ0v) is 11.9. The van der Waals surface area contributed by atoms with Crippen LogP contribution in [0.4, 0.5) is 0 Å². The van der Waals surface area contributed by atoms with E-state index in [1.807, 2.05) is 24.3 Å². The minimum atomic E-state index is -0.0734. The van der Waals surface area contributed by atoms with E-state index in [2.05, 4.69) is 28.2 Å². The molecular weight excluding hydrogens is 294 g/mol. The van der Waals surface area contributed by atoms with Crippen molar-refractivity contribution in [3.05, 3.63) is 36.1 Å². The monoisotopic (exact) mass is 309 g/mol. The fourth-order valence-electron chi connectivity index (χ4n) is 1.80. The lowest BCUT2D eigenvalue weighted by Gasteiger charge is -2.07. The van der Waals surface area contributed by atoms with Crippen LogP contribution in [0.25, 0.3) is 11.0 Å². The van der Waals surface area contributed by atoms with Crippen LogP contribution in [-0.4, -0.2) is 17.3 Å². The highest BCUT2D eigenvalue weighted by atomic mass is 79.9. The standard InChI is InChI=1S/C14H16BrNO2/c1-2-10(15)7-8-16-14(17)12-9-18-13-6-4-3-5-11(12)13/h3-6,9-10H,2,7-8H2,1H3,(H,16,17). The number of hydrogen-bond acceptors (Lipinski definition) is 2. The molecule has 0 bridgehead atoms. The van der Waals surface area contributed by atoms with Gasteiger partial charge in [0.05, 0.1) is 5.56 Å². The number of carbonyl (C=O) groups is 1. The summed E-state index contributed by atoms with van der Waals surface area (Å²) in [5.74, 6) is -0.0734. The van der Waals surface area contributed by atoms with Crippen molar-refractivity contribution >= 4 is 32.8 Å². The predicted molar refractivity (Wildman–Crippen MR) is 76.2 cm³/mol. The Hall–Kier alpha value is -1.29. The van der Waals surface area contributed by atoms with Gasteiger partial charge in [-0.2, -0.15) is 0 Å². The van der Waals surface area contributed by atoms with Gasteiger partial charge in [0.2, 0.25) is 0 Å². The maximum absolute atomic E-state index is 12.0. The normalized spacial score (nSPS) is 12.6. The molecule has 1 amide bonds. The van der Waals surface area contributed by atoms with Crippen LogP contribution < -0.4 is 5.32 Å². The first-order chi connectivity index (χ1) is 8.72. The van der Waals surface area contributed by atoms with Gasteiger partial charge in [0.15, 0.2) is 0 Å². The summed E-state index contributed by atoms with van der Waals surface area (Å²) in [5.41, 5.74) is 1.35. The Bertz CT molecular complexity index is 535. The number of furan rings is 1. The van der Waals surface area contributed by atoms with Crippen molar-refractivity contribution in [2.24, 2.45) is 0 Å². The van der Waals surface area contributed by atoms with E-state index in [1.54, 1.807) is 0 Å². The molecule has 4 heteroatoms. The Labute approximate surface area is 115 Å². The summed E-state index contributed by atoms with van der Waals surface area (Å²) in [6.07, 6.45) is 3.51. The van der Waals surface area contributed by atoms with E-state index in [-0.39, 0.29) is 5.91 Å². The first kappa shape index (κ1) is 13.1. The van der Waals surface area contributed by atoms with E-state index in [0.29, 0.717) is 16.9 Å². The Morgan fingerprint density at radius 3 is 3.00 bits per heavy atom. The lowest BCUT2D eigenvalue weighted by atomic mass is 10.1. The maximum Gasteiger partial charge on any atom is 0.255 e. The van der Waals surface area contributed by atoms with Gasteiger partial charge in [0.1, 0.15) is 11.8 Å². The van der Waals surface area contributed by atoms with E-state index in [1.165, 1.54) is 6.26 Å². The number of para-hydroxylation sites is 1. The molecule has 18 heavy (non-hydrogen) atoms. The van der Waals surface area contributed by atoms with Gasteiger partial charge in [0.25, 0.3) is 5.91 Å². The van der Waals surface area contributed by atoms with Gasteiger partial charge in [-0.1, -0.05) is 41.1 Å². The molecule has 0 saturated heterocycles. The molecule has 0 aliphatic carbocycles. The first-order valence-electron chi connectivity index (χ1n) is 6.11. The molecule has 0 saturated carbocycles. The molecule has 0 aliphatic heterocycles. The van der Waals surface area contributed by atoms with Crippen molar-refractivity contribution in [2.45, 2.75) is 24.6 Å². The second kappa shape index (κ2) is 6.05. The summed E-state index contributed by atoms with van der Waals surface area (Å²) in [4.78, 5) is 12.5. The first-order valence-corrected chi connectivity index (χ1v) is 7.02. The van der Waals surface area contributed by atoms with E-state index < -0.39 is 0 Å². The molecule has 2 aromatic rings. The molecule has 2 rings (SSSR count). The Kier molecular flexibility index (Phi) is 4.42. The lowest BCUT2D eigenvalue weighted by molar-refractivity contribution is 0.0954. The molecule has 0 aliphatic rings. The fourth-order valence-corrected chi connectivity index (χ4v) is 2.02. The number of alkyl halides is 1. The molecule has 1 N–H and O–H groups in total. The van der Waals surface area contributed by atoms with Gasteiger partial charge in [-0.3, -0.25) is 4.79 Å². The molecule has 0 fully saturated rings. The van der Waals surface area contributed by atoms with Crippen LogP contribution in [0, 0.1) is 0 Å². The maximum atomic E-state index is 12.0. The molecule has 1 unspecified atom stereocenters. The highest BCUT2D eigenvalue weighted by Crippen LogP contribution is 2.20. The minimum absolute atomic E-state index is 0.0734. The molecule has 1 aromatic carbocycles. The second-order valence-corrected chi connectivity index (χ2v) is 5.49. The topological polar surface area (TPSA) is 42.2 Å². The summed E-state index contributed by atoms with van der Waals surface area (Å²) >= 11 is 3.55. The van der Waals surface area contributed by atoms with E-state index in [4.69, 9.17) is 4.42 Å². The van der Waals surface area contributed by atoms with Gasteiger partial charge < -0.3 is 9.73 Å². The van der Waals surface area contributed by atoms with Crippen molar-refractivity contribution < 1.29 is 9.21 Å². The van der Waals surface area contributed by atoms with Gasteiger partial charge in [0, 0.05) is 16.8 Å². The third kappa shape index (κ3) is 2.93. The van der Waals surface area contributed by atoms with Gasteiger partial charge in [-0.05, 0) is 18.9 Å². The Balaban J connectivity index is 2.01. The largest absolute Gasteiger partial charge is 0.463 e. The smallest absolute Gasteiger partial charge is 0.255 e. The third-order valence-electron chi connectivity index (χ3n) is 2.91. The Morgan fingerprint density at radius 1 is 1.44 bits per heavy atom. The zero-order valence-electron chi connectivity index (χ0n) is 10.3. The minimum Gasteiger partial charge on any atom is -0.463 e. The van der Waals surface area contributed by atoms with Gasteiger partial charge in [-0.25, -0.2) is 0 Å². The van der Waals surface area contributed by atoms with Gasteiger partial charge in [-0.15, -0.1) is 0 Å². The van der Waals surface area contributed by atoms with E-state index in [9.17, 15) is 4.79 Å². The Morgan fingerprint density at radius 2 is 2.22 bits per heavy atom. The van der Waals surface area contributed by atoms with Crippen LogP contribution in [0.3, 0.4) is 0 Å². The van der Waals surface area contributed by atoms with E-state index in [0.717, 1.165) is 23.8 Å². The number of amides is 1. The number of fused-ring (bicyclic) bond motifs is 1. The molecule has 3 nitrogen and oxygen atoms in total. The van der Waals surface area contributed by atoms with Crippen LogP contribution >= 0.6 is 15.9 Å². The van der Waals surface area contributed by atoms with E-state index >= 15 is 0 Å². The highest BCUT2D eigenvalue weighted by molar-refractivity contribution is 9.09. The SMILES string of the molecule is CCC(Br)CCNC(=O)c1coc2ccccc12. The average molecular weight is 310 g/mol. The van der Waals surface area contributed by atoms with Crippen LogP contribution in [0.2, 0.25) is 0 Å². The molecular formula is C14H16BrNO2. The molecule has 1 aromatic heterocycles. The number of hydrogen-bond donors (Lipinski definition) is 1. The summed E-state index contributed by atoms with van der Waals surface area (Å²) in [6, 6.07) is 7.55. The number of carbonyl (C=O) groups excluding carboxylic acids is 1. The third-order valence-corrected chi connectivity index (χ3v) is 4.02. The fraction of sp³-hybridized carbons (Fsp3) is 0.357. The van der Waals surface area contributed by atoms with Crippen molar-refractivity contribution in [2.75, 3.05) is 6.54 Å². The molecule has 96 valence electrons.